The summed E-state index contributed by atoms with van der Waals surface area (Å²) < 4.78 is 25.4. The van der Waals surface area contributed by atoms with Crippen LogP contribution in [0.25, 0.3) is 0 Å². The van der Waals surface area contributed by atoms with Crippen molar-refractivity contribution in [2.24, 2.45) is 0 Å². The van der Waals surface area contributed by atoms with Gasteiger partial charge in [-0.25, -0.2) is 8.42 Å². The Kier molecular flexibility index (Phi) is 5.07. The van der Waals surface area contributed by atoms with E-state index < -0.39 is 20.9 Å². The number of amides is 1. The molecule has 1 aliphatic heterocycles. The van der Waals surface area contributed by atoms with Crippen molar-refractivity contribution < 1.29 is 18.1 Å². The Morgan fingerprint density at radius 1 is 1.26 bits per heavy atom. The Morgan fingerprint density at radius 2 is 2.00 bits per heavy atom. The van der Waals surface area contributed by atoms with E-state index >= 15 is 0 Å². The number of aryl methyl sites for hydroxylation is 1. The Hall–Kier alpha value is -2.65. The summed E-state index contributed by atoms with van der Waals surface area (Å²) in [5, 5.41) is 13.6. The molecule has 1 N–H and O–H groups in total. The molecule has 0 bridgehead atoms. The van der Waals surface area contributed by atoms with Crippen molar-refractivity contribution >= 4 is 44.6 Å². The Bertz CT molecular complexity index is 1040. The summed E-state index contributed by atoms with van der Waals surface area (Å²) in [6.45, 7) is 2.17. The van der Waals surface area contributed by atoms with E-state index in [1.165, 1.54) is 16.4 Å². The lowest BCUT2D eigenvalue weighted by Crippen LogP contribution is -2.25. The Morgan fingerprint density at radius 3 is 2.59 bits per heavy atom. The first-order chi connectivity index (χ1) is 12.7. The van der Waals surface area contributed by atoms with Crippen LogP contribution in [-0.2, 0) is 10.0 Å². The zero-order valence-electron chi connectivity index (χ0n) is 14.3. The number of nitro benzene ring substituents is 1. The fourth-order valence-electron chi connectivity index (χ4n) is 2.86. The zero-order chi connectivity index (χ0) is 19.8. The highest BCUT2D eigenvalue weighted by Gasteiger charge is 2.28. The summed E-state index contributed by atoms with van der Waals surface area (Å²) in [6.07, 6.45) is 0.579. The van der Waals surface area contributed by atoms with Gasteiger partial charge in [0.05, 0.1) is 16.4 Å². The highest BCUT2D eigenvalue weighted by atomic mass is 35.5. The summed E-state index contributed by atoms with van der Waals surface area (Å²) in [5.74, 6) is -0.403. The van der Waals surface area contributed by atoms with Gasteiger partial charge >= 0.3 is 0 Å². The second-order valence-electron chi connectivity index (χ2n) is 6.12. The largest absolute Gasteiger partial charge is 0.322 e. The minimum Gasteiger partial charge on any atom is -0.322 e. The van der Waals surface area contributed by atoms with E-state index in [9.17, 15) is 23.3 Å². The maximum Gasteiger partial charge on any atom is 0.288 e. The lowest BCUT2D eigenvalue weighted by Gasteiger charge is -2.18. The van der Waals surface area contributed by atoms with Crippen LogP contribution in [0, 0.1) is 17.0 Å². The van der Waals surface area contributed by atoms with E-state index in [0.717, 1.165) is 6.07 Å². The summed E-state index contributed by atoms with van der Waals surface area (Å²) in [7, 11) is -3.28. The van der Waals surface area contributed by atoms with Gasteiger partial charge in [0.25, 0.3) is 11.6 Å². The van der Waals surface area contributed by atoms with E-state index in [1.54, 1.807) is 25.1 Å². The first-order valence-electron chi connectivity index (χ1n) is 8.05. The van der Waals surface area contributed by atoms with Crippen molar-refractivity contribution in [3.05, 3.63) is 62.7 Å². The molecular weight excluding hydrogens is 394 g/mol. The highest BCUT2D eigenvalue weighted by Crippen LogP contribution is 2.29. The topological polar surface area (TPSA) is 110 Å². The zero-order valence-corrected chi connectivity index (χ0v) is 15.9. The first kappa shape index (κ1) is 19.1. The Labute approximate surface area is 160 Å². The third-order valence-electron chi connectivity index (χ3n) is 4.25. The molecule has 2 aromatic rings. The van der Waals surface area contributed by atoms with Crippen LogP contribution in [0.4, 0.5) is 17.1 Å². The number of nitro groups is 1. The smallest absolute Gasteiger partial charge is 0.288 e. The minimum absolute atomic E-state index is 0.0519. The highest BCUT2D eigenvalue weighted by molar-refractivity contribution is 7.93. The third-order valence-corrected chi connectivity index (χ3v) is 6.44. The van der Waals surface area contributed by atoms with Gasteiger partial charge in [0.1, 0.15) is 5.02 Å². The molecule has 0 saturated carbocycles. The molecule has 1 fully saturated rings. The molecule has 0 radical (unpaired) electrons. The van der Waals surface area contributed by atoms with E-state index in [1.807, 2.05) is 0 Å². The number of rotatable bonds is 4. The van der Waals surface area contributed by atoms with Gasteiger partial charge in [-0.05, 0) is 49.2 Å². The van der Waals surface area contributed by atoms with Gasteiger partial charge in [-0.15, -0.1) is 0 Å². The molecule has 10 heteroatoms. The lowest BCUT2D eigenvalue weighted by molar-refractivity contribution is -0.384. The second-order valence-corrected chi connectivity index (χ2v) is 8.54. The van der Waals surface area contributed by atoms with Crippen LogP contribution in [0.15, 0.2) is 36.4 Å². The summed E-state index contributed by atoms with van der Waals surface area (Å²) in [6, 6.07) is 8.71. The molecule has 3 rings (SSSR count). The molecule has 1 saturated heterocycles. The normalized spacial score (nSPS) is 15.6. The van der Waals surface area contributed by atoms with E-state index in [4.69, 9.17) is 11.6 Å². The molecule has 142 valence electrons. The number of hydrogen-bond acceptors (Lipinski definition) is 5. The van der Waals surface area contributed by atoms with Gasteiger partial charge in [-0.2, -0.15) is 0 Å². The molecule has 0 atom stereocenters. The van der Waals surface area contributed by atoms with E-state index in [0.29, 0.717) is 29.9 Å². The molecule has 0 aliphatic carbocycles. The van der Waals surface area contributed by atoms with Crippen molar-refractivity contribution in [1.29, 1.82) is 0 Å². The monoisotopic (exact) mass is 409 g/mol. The molecule has 8 nitrogen and oxygen atoms in total. The van der Waals surface area contributed by atoms with Crippen molar-refractivity contribution in [3.63, 3.8) is 0 Å². The molecule has 0 aromatic heterocycles. The molecule has 27 heavy (non-hydrogen) atoms. The van der Waals surface area contributed by atoms with Crippen molar-refractivity contribution in [2.75, 3.05) is 21.9 Å². The fourth-order valence-corrected chi connectivity index (χ4v) is 4.60. The van der Waals surface area contributed by atoms with Crippen molar-refractivity contribution in [2.45, 2.75) is 13.3 Å². The summed E-state index contributed by atoms with van der Waals surface area (Å²) in [4.78, 5) is 22.7. The predicted molar refractivity (Wildman–Crippen MR) is 103 cm³/mol. The predicted octanol–water partition coefficient (Wildman–Crippen LogP) is 3.35. The van der Waals surface area contributed by atoms with Gasteiger partial charge < -0.3 is 5.32 Å². The number of nitrogens with one attached hydrogen (secondary N) is 1. The Balaban J connectivity index is 1.83. The van der Waals surface area contributed by atoms with Crippen molar-refractivity contribution in [3.8, 4) is 0 Å². The average molecular weight is 410 g/mol. The van der Waals surface area contributed by atoms with Gasteiger partial charge in [0, 0.05) is 23.9 Å². The fraction of sp³-hybridized carbons (Fsp3) is 0.235. The first-order valence-corrected chi connectivity index (χ1v) is 10.0. The summed E-state index contributed by atoms with van der Waals surface area (Å²) in [5.41, 5.74) is 1.45. The lowest BCUT2D eigenvalue weighted by atomic mass is 10.1. The molecular formula is C17H16ClN3O5S. The van der Waals surface area contributed by atoms with Gasteiger partial charge in [-0.3, -0.25) is 19.2 Å². The maximum absolute atomic E-state index is 12.4. The molecule has 1 heterocycles. The number of sulfonamides is 1. The van der Waals surface area contributed by atoms with Crippen LogP contribution in [0.1, 0.15) is 22.3 Å². The quantitative estimate of drug-likeness (QED) is 0.615. The maximum atomic E-state index is 12.4. The minimum atomic E-state index is -3.28. The van der Waals surface area contributed by atoms with Crippen LogP contribution in [-0.4, -0.2) is 31.5 Å². The van der Waals surface area contributed by atoms with E-state index in [2.05, 4.69) is 5.32 Å². The van der Waals surface area contributed by atoms with Crippen LogP contribution in [0.3, 0.4) is 0 Å². The number of benzene rings is 2. The van der Waals surface area contributed by atoms with Crippen molar-refractivity contribution in [1.82, 2.24) is 0 Å². The molecule has 0 unspecified atom stereocenters. The van der Waals surface area contributed by atoms with Crippen LogP contribution in [0.2, 0.25) is 5.02 Å². The third kappa shape index (κ3) is 3.88. The molecule has 1 aliphatic rings. The van der Waals surface area contributed by atoms with Crippen LogP contribution >= 0.6 is 11.6 Å². The number of halogens is 1. The molecule has 0 spiro atoms. The average Bonchev–Trinajstić information content (AvgIpc) is 2.96. The van der Waals surface area contributed by atoms with Crippen LogP contribution < -0.4 is 9.62 Å². The number of nitrogens with zero attached hydrogens (tertiary/aromatic N) is 2. The summed E-state index contributed by atoms with van der Waals surface area (Å²) >= 11 is 5.76. The van der Waals surface area contributed by atoms with Gasteiger partial charge in [0.2, 0.25) is 10.0 Å². The van der Waals surface area contributed by atoms with Crippen LogP contribution in [0.5, 0.6) is 0 Å². The number of hydrogen-bond donors (Lipinski definition) is 1. The van der Waals surface area contributed by atoms with Gasteiger partial charge in [-0.1, -0.05) is 11.6 Å². The SMILES string of the molecule is Cc1cc(N2CCCS2(=O)=O)ccc1NC(=O)c1ccc(Cl)c([N+](=O)[O-])c1. The molecule has 2 aromatic carbocycles. The van der Waals surface area contributed by atoms with Gasteiger partial charge in [0.15, 0.2) is 0 Å². The number of carbonyl (C=O) groups is 1. The standard InChI is InChI=1S/C17H16ClN3O5S/c1-11-9-13(20-7-2-8-27(20,25)26)4-6-15(11)19-17(22)12-3-5-14(18)16(10-12)21(23)24/h3-6,9-10H,2,7-8H2,1H3,(H,19,22). The number of anilines is 2. The van der Waals surface area contributed by atoms with E-state index in [-0.39, 0.29) is 22.0 Å². The second kappa shape index (κ2) is 7.16. The molecule has 1 amide bonds. The number of carbonyl (C=O) groups excluding carboxylic acids is 1.